The molecular formula is C27H32F2N4O2. The van der Waals surface area contributed by atoms with Gasteiger partial charge in [0.1, 0.15) is 11.6 Å². The number of benzene rings is 2. The highest BCUT2D eigenvalue weighted by Crippen LogP contribution is 2.56. The van der Waals surface area contributed by atoms with Gasteiger partial charge in [0, 0.05) is 37.5 Å². The zero-order valence-corrected chi connectivity index (χ0v) is 20.2. The first-order chi connectivity index (χ1) is 16.7. The number of aliphatic hydroxyl groups is 1. The van der Waals surface area contributed by atoms with Crippen molar-refractivity contribution in [2.24, 2.45) is 11.8 Å². The van der Waals surface area contributed by atoms with Crippen LogP contribution in [-0.2, 0) is 16.8 Å². The molecule has 6 nitrogen and oxygen atoms in total. The molecule has 0 radical (unpaired) electrons. The molecule has 0 saturated heterocycles. The Morgan fingerprint density at radius 1 is 1.20 bits per heavy atom. The van der Waals surface area contributed by atoms with Gasteiger partial charge in [-0.15, -0.1) is 0 Å². The number of aliphatic hydroxyl groups excluding tert-OH is 1. The second-order valence-electron chi connectivity index (χ2n) is 9.76. The molecule has 4 rings (SSSR count). The van der Waals surface area contributed by atoms with Crippen LogP contribution in [0, 0.1) is 23.5 Å². The first-order valence-corrected chi connectivity index (χ1v) is 11.9. The molecule has 1 amide bonds. The average molecular weight is 483 g/mol. The number of amides is 1. The molecule has 1 aliphatic rings. The van der Waals surface area contributed by atoms with Gasteiger partial charge in [-0.1, -0.05) is 26.0 Å². The molecule has 35 heavy (non-hydrogen) atoms. The fraction of sp³-hybridized carbons (Fsp3) is 0.407. The van der Waals surface area contributed by atoms with Gasteiger partial charge < -0.3 is 15.7 Å². The monoisotopic (exact) mass is 482 g/mol. The summed E-state index contributed by atoms with van der Waals surface area (Å²) >= 11 is 0. The molecule has 1 fully saturated rings. The maximum atomic E-state index is 13.7. The van der Waals surface area contributed by atoms with Crippen molar-refractivity contribution in [1.82, 2.24) is 20.4 Å². The van der Waals surface area contributed by atoms with Crippen molar-refractivity contribution in [1.29, 1.82) is 0 Å². The standard InChI is InChI=1S/C27H32F2N4O2/c1-17(2)24-15-27(24,20-6-4-7-23(13-20)33-9-5-8-31-33)30-16-26(35)25(32-18(3)34)12-19-10-21(28)14-22(29)11-19/h4-11,13-14,17,24-26,30,35H,12,15-16H2,1-3H3,(H,32,34). The number of carbonyl (C=O) groups excluding carboxylic acids is 1. The molecule has 8 heteroatoms. The highest BCUT2D eigenvalue weighted by molar-refractivity contribution is 5.73. The summed E-state index contributed by atoms with van der Waals surface area (Å²) in [6, 6.07) is 12.6. The lowest BCUT2D eigenvalue weighted by molar-refractivity contribution is -0.120. The Labute approximate surface area is 204 Å². The fourth-order valence-corrected chi connectivity index (χ4v) is 5.03. The second-order valence-corrected chi connectivity index (χ2v) is 9.76. The van der Waals surface area contributed by atoms with Gasteiger partial charge in [-0.25, -0.2) is 13.5 Å². The topological polar surface area (TPSA) is 79.2 Å². The van der Waals surface area contributed by atoms with E-state index in [-0.39, 0.29) is 24.4 Å². The third-order valence-electron chi connectivity index (χ3n) is 6.81. The van der Waals surface area contributed by atoms with Gasteiger partial charge in [-0.05, 0) is 66.1 Å². The third kappa shape index (κ3) is 5.77. The number of nitrogens with zero attached hydrogens (tertiary/aromatic N) is 2. The van der Waals surface area contributed by atoms with E-state index in [1.807, 2.05) is 29.1 Å². The number of hydrogen-bond acceptors (Lipinski definition) is 4. The number of halogens is 2. The van der Waals surface area contributed by atoms with Gasteiger partial charge in [-0.3, -0.25) is 4.79 Å². The number of nitrogens with one attached hydrogen (secondary N) is 2. The zero-order chi connectivity index (χ0) is 25.2. The van der Waals surface area contributed by atoms with Crippen LogP contribution in [-0.4, -0.2) is 39.5 Å². The van der Waals surface area contributed by atoms with Crippen LogP contribution in [0.3, 0.4) is 0 Å². The van der Waals surface area contributed by atoms with Crippen molar-refractivity contribution in [3.05, 3.63) is 83.7 Å². The molecule has 1 aliphatic carbocycles. The number of rotatable bonds is 10. The molecule has 1 heterocycles. The van der Waals surface area contributed by atoms with E-state index in [1.165, 1.54) is 19.1 Å². The zero-order valence-electron chi connectivity index (χ0n) is 20.2. The SMILES string of the molecule is CC(=O)NC(Cc1cc(F)cc(F)c1)C(O)CNC1(c2cccc(-n3cccn3)c2)CC1C(C)C. The van der Waals surface area contributed by atoms with Crippen LogP contribution < -0.4 is 10.6 Å². The molecule has 2 aromatic carbocycles. The third-order valence-corrected chi connectivity index (χ3v) is 6.81. The van der Waals surface area contributed by atoms with Gasteiger partial charge >= 0.3 is 0 Å². The van der Waals surface area contributed by atoms with Crippen LogP contribution in [0.25, 0.3) is 5.69 Å². The molecule has 4 unspecified atom stereocenters. The normalized spacial score (nSPS) is 21.1. The maximum absolute atomic E-state index is 13.7. The van der Waals surface area contributed by atoms with Gasteiger partial charge in [0.25, 0.3) is 0 Å². The first kappa shape index (κ1) is 25.0. The Morgan fingerprint density at radius 3 is 2.54 bits per heavy atom. The summed E-state index contributed by atoms with van der Waals surface area (Å²) in [6.45, 7) is 5.93. The van der Waals surface area contributed by atoms with Crippen molar-refractivity contribution in [3.63, 3.8) is 0 Å². The Hall–Kier alpha value is -3.10. The quantitative estimate of drug-likeness (QED) is 0.412. The minimum atomic E-state index is -0.968. The molecule has 4 atom stereocenters. The molecule has 1 aromatic heterocycles. The van der Waals surface area contributed by atoms with E-state index in [2.05, 4.69) is 41.7 Å². The van der Waals surface area contributed by atoms with E-state index in [1.54, 1.807) is 6.20 Å². The number of carbonyl (C=O) groups is 1. The van der Waals surface area contributed by atoms with E-state index in [0.717, 1.165) is 23.7 Å². The number of aromatic nitrogens is 2. The molecule has 3 N–H and O–H groups in total. The van der Waals surface area contributed by atoms with Crippen LogP contribution >= 0.6 is 0 Å². The molecule has 3 aromatic rings. The fourth-order valence-electron chi connectivity index (χ4n) is 5.03. The lowest BCUT2D eigenvalue weighted by Gasteiger charge is -2.28. The Bertz CT molecular complexity index is 1150. The largest absolute Gasteiger partial charge is 0.390 e. The van der Waals surface area contributed by atoms with E-state index in [4.69, 9.17) is 0 Å². The average Bonchev–Trinajstić information content (AvgIpc) is 3.29. The van der Waals surface area contributed by atoms with Crippen LogP contribution in [0.2, 0.25) is 0 Å². The summed E-state index contributed by atoms with van der Waals surface area (Å²) in [4.78, 5) is 11.8. The van der Waals surface area contributed by atoms with Crippen molar-refractivity contribution < 1.29 is 18.7 Å². The molecule has 0 bridgehead atoms. The number of hydrogen-bond donors (Lipinski definition) is 3. The second kappa shape index (κ2) is 10.3. The summed E-state index contributed by atoms with van der Waals surface area (Å²) in [5.41, 5.74) is 2.12. The predicted molar refractivity (Wildman–Crippen MR) is 130 cm³/mol. The Balaban J connectivity index is 1.53. The molecule has 0 aliphatic heterocycles. The minimum Gasteiger partial charge on any atom is -0.390 e. The Kier molecular flexibility index (Phi) is 7.33. The summed E-state index contributed by atoms with van der Waals surface area (Å²) < 4.78 is 29.2. The molecular weight excluding hydrogens is 450 g/mol. The lowest BCUT2D eigenvalue weighted by atomic mass is 9.95. The summed E-state index contributed by atoms with van der Waals surface area (Å²) in [6.07, 6.45) is 3.68. The van der Waals surface area contributed by atoms with Crippen LogP contribution in [0.5, 0.6) is 0 Å². The maximum Gasteiger partial charge on any atom is 0.217 e. The highest BCUT2D eigenvalue weighted by Gasteiger charge is 2.56. The molecule has 1 saturated carbocycles. The predicted octanol–water partition coefficient (Wildman–Crippen LogP) is 3.72. The first-order valence-electron chi connectivity index (χ1n) is 11.9. The Morgan fingerprint density at radius 2 is 1.94 bits per heavy atom. The van der Waals surface area contributed by atoms with Crippen molar-refractivity contribution in [2.45, 2.75) is 51.3 Å². The lowest BCUT2D eigenvalue weighted by Crippen LogP contribution is -2.50. The molecule has 0 spiro atoms. The van der Waals surface area contributed by atoms with E-state index in [9.17, 15) is 18.7 Å². The van der Waals surface area contributed by atoms with Crippen LogP contribution in [0.1, 0.15) is 38.3 Å². The van der Waals surface area contributed by atoms with E-state index < -0.39 is 23.8 Å². The smallest absolute Gasteiger partial charge is 0.217 e. The highest BCUT2D eigenvalue weighted by atomic mass is 19.1. The van der Waals surface area contributed by atoms with Crippen molar-refractivity contribution in [3.8, 4) is 5.69 Å². The summed E-state index contributed by atoms with van der Waals surface area (Å²) in [5, 5.41) is 21.7. The van der Waals surface area contributed by atoms with Gasteiger partial charge in [0.15, 0.2) is 0 Å². The van der Waals surface area contributed by atoms with Crippen molar-refractivity contribution in [2.75, 3.05) is 6.54 Å². The summed E-state index contributed by atoms with van der Waals surface area (Å²) in [5.74, 6) is -0.904. The van der Waals surface area contributed by atoms with Gasteiger partial charge in [-0.2, -0.15) is 5.10 Å². The van der Waals surface area contributed by atoms with E-state index >= 15 is 0 Å². The van der Waals surface area contributed by atoms with Gasteiger partial charge in [0.2, 0.25) is 5.91 Å². The molecule has 186 valence electrons. The van der Waals surface area contributed by atoms with Crippen LogP contribution in [0.4, 0.5) is 8.78 Å². The van der Waals surface area contributed by atoms with Crippen molar-refractivity contribution >= 4 is 5.91 Å². The van der Waals surface area contributed by atoms with Gasteiger partial charge in [0.05, 0.1) is 17.8 Å². The summed E-state index contributed by atoms with van der Waals surface area (Å²) in [7, 11) is 0. The van der Waals surface area contributed by atoms with Crippen LogP contribution in [0.15, 0.2) is 60.9 Å². The van der Waals surface area contributed by atoms with E-state index in [0.29, 0.717) is 17.4 Å². The minimum absolute atomic E-state index is 0.104.